The Morgan fingerprint density at radius 2 is 1.21 bits per heavy atom. The van der Waals surface area contributed by atoms with Gasteiger partial charge in [-0.25, -0.2) is 0 Å². The Labute approximate surface area is 251 Å². The summed E-state index contributed by atoms with van der Waals surface area (Å²) in [6.45, 7) is 6.63. The van der Waals surface area contributed by atoms with Crippen molar-refractivity contribution >= 4 is 23.1 Å². The third-order valence-corrected chi connectivity index (χ3v) is 13.8. The fraction of sp³-hybridized carbons (Fsp3) is 0.886. The van der Waals surface area contributed by atoms with E-state index in [-0.39, 0.29) is 25.9 Å². The van der Waals surface area contributed by atoms with Crippen molar-refractivity contribution in [2.45, 2.75) is 96.7 Å². The molecule has 16 atom stereocenters. The van der Waals surface area contributed by atoms with Gasteiger partial charge in [0, 0.05) is 13.2 Å². The van der Waals surface area contributed by atoms with Crippen molar-refractivity contribution < 1.29 is 12.3 Å². The summed E-state index contributed by atoms with van der Waals surface area (Å²) in [6, 6.07) is 0. The van der Waals surface area contributed by atoms with E-state index in [0.29, 0.717) is 12.2 Å². The van der Waals surface area contributed by atoms with Crippen LogP contribution in [0.2, 0.25) is 0 Å². The van der Waals surface area contributed by atoms with Crippen LogP contribution in [0.15, 0.2) is 24.3 Å². The summed E-state index contributed by atoms with van der Waals surface area (Å²) in [4.78, 5) is 0. The summed E-state index contributed by atoms with van der Waals surface area (Å²) < 4.78 is 11.0. The average Bonchev–Trinajstić information content (AvgIpc) is 3.76. The van der Waals surface area contributed by atoms with Crippen LogP contribution >= 0.6 is 0 Å². The Morgan fingerprint density at radius 3 is 1.79 bits per heavy atom. The largest absolute Gasteiger partial charge is 2.00 e. The summed E-state index contributed by atoms with van der Waals surface area (Å²) >= 11 is 0. The summed E-state index contributed by atoms with van der Waals surface area (Å²) in [7, 11) is 0. The number of hydrogen-bond donors (Lipinski definition) is 0. The molecule has 0 spiro atoms. The van der Waals surface area contributed by atoms with Gasteiger partial charge in [-0.2, -0.15) is 0 Å². The number of allylic oxidation sites excluding steroid dienone is 4. The van der Waals surface area contributed by atoms with Gasteiger partial charge in [-0.15, -0.1) is 0 Å². The number of ether oxygens (including phenoxy) is 2. The molecule has 10 rings (SSSR count). The quantitative estimate of drug-likeness (QED) is 0.206. The standard InChI is InChI=1S/C17H24O.C13H18.C5H10O.Mg.2H/c1-2-14(18-5-1)8-12-7-13-9-15(12)17-11-4-3-10(6-11)16(13)17;1-7-4-10-6-11(7)13-9-3-2-8(5-9)12(10)13;1-5-3-2-4-6-5;;;/h3-4,10-17H,1-2,5-9H2;2-3,7-13H,4-6H2,1H3;5H,2-4H2,1H3;;;/q;;;+2;2*-1. The Hall–Kier alpha value is 0.166. The minimum atomic E-state index is 0. The van der Waals surface area contributed by atoms with Crippen LogP contribution in [-0.2, 0) is 9.47 Å². The second-order valence-electron chi connectivity index (χ2n) is 15.4. The third-order valence-electron chi connectivity index (χ3n) is 13.8. The number of rotatable bonds is 2. The summed E-state index contributed by atoms with van der Waals surface area (Å²) in [5.41, 5.74) is 0. The van der Waals surface area contributed by atoms with Crippen molar-refractivity contribution in [1.82, 2.24) is 0 Å². The minimum Gasteiger partial charge on any atom is -1.00 e. The fourth-order valence-corrected chi connectivity index (χ4v) is 12.7. The second-order valence-corrected chi connectivity index (χ2v) is 15.4. The van der Waals surface area contributed by atoms with Gasteiger partial charge >= 0.3 is 23.1 Å². The van der Waals surface area contributed by atoms with Crippen LogP contribution in [0.5, 0.6) is 0 Å². The molecular formula is C35H54MgO2. The van der Waals surface area contributed by atoms with Crippen LogP contribution in [-0.4, -0.2) is 48.5 Å². The molecule has 0 amide bonds. The predicted molar refractivity (Wildman–Crippen MR) is 157 cm³/mol. The normalized spacial score (nSPS) is 56.5. The van der Waals surface area contributed by atoms with Crippen LogP contribution in [0.1, 0.15) is 87.3 Å². The molecule has 8 aliphatic carbocycles. The first-order valence-electron chi connectivity index (χ1n) is 16.7. The molecule has 0 aromatic carbocycles. The molecule has 3 heteroatoms. The van der Waals surface area contributed by atoms with Crippen molar-refractivity contribution in [3.63, 3.8) is 0 Å². The van der Waals surface area contributed by atoms with E-state index in [1.807, 2.05) is 0 Å². The van der Waals surface area contributed by atoms with Crippen molar-refractivity contribution in [1.29, 1.82) is 0 Å². The molecule has 6 saturated carbocycles. The van der Waals surface area contributed by atoms with Crippen LogP contribution in [0.25, 0.3) is 0 Å². The maximum absolute atomic E-state index is 5.88. The third kappa shape index (κ3) is 4.46. The minimum absolute atomic E-state index is 0. The smallest absolute Gasteiger partial charge is 1.00 e. The van der Waals surface area contributed by atoms with E-state index in [1.165, 1.54) is 44.9 Å². The summed E-state index contributed by atoms with van der Waals surface area (Å²) in [5.74, 6) is 14.9. The Balaban J connectivity index is 0.000000130. The van der Waals surface area contributed by atoms with E-state index < -0.39 is 0 Å². The van der Waals surface area contributed by atoms with Crippen LogP contribution < -0.4 is 0 Å². The van der Waals surface area contributed by atoms with Gasteiger partial charge in [0.05, 0.1) is 12.2 Å². The molecule has 2 aliphatic heterocycles. The fourth-order valence-electron chi connectivity index (χ4n) is 12.7. The van der Waals surface area contributed by atoms with E-state index in [9.17, 15) is 0 Å². The molecule has 208 valence electrons. The zero-order valence-electron chi connectivity index (χ0n) is 26.3. The molecule has 0 aromatic rings. The first-order chi connectivity index (χ1) is 18.1. The molecule has 8 bridgehead atoms. The van der Waals surface area contributed by atoms with Crippen molar-refractivity contribution in [2.24, 2.45) is 82.9 Å². The molecular weight excluding hydrogens is 477 g/mol. The van der Waals surface area contributed by atoms with Crippen molar-refractivity contribution in [3.8, 4) is 0 Å². The predicted octanol–water partition coefficient (Wildman–Crippen LogP) is 7.78. The summed E-state index contributed by atoms with van der Waals surface area (Å²) in [5, 5.41) is 0. The Morgan fingerprint density at radius 1 is 0.632 bits per heavy atom. The molecule has 2 heterocycles. The molecule has 2 saturated heterocycles. The molecule has 8 fully saturated rings. The van der Waals surface area contributed by atoms with Gasteiger partial charge in [-0.3, -0.25) is 0 Å². The summed E-state index contributed by atoms with van der Waals surface area (Å²) in [6.07, 6.45) is 27.2. The molecule has 38 heavy (non-hydrogen) atoms. The Kier molecular flexibility index (Phi) is 7.66. The van der Waals surface area contributed by atoms with Crippen LogP contribution in [0.3, 0.4) is 0 Å². The SMILES string of the molecule is C1=CC2CC1C1C3CC(CC4CCCO4)C(C3)C21.CC1CC2CC1C1C3C=CC(C3)C21.CC1CCCO1.[H-].[H-].[Mg+2]. The van der Waals surface area contributed by atoms with Gasteiger partial charge in [0.1, 0.15) is 0 Å². The van der Waals surface area contributed by atoms with E-state index >= 15 is 0 Å². The van der Waals surface area contributed by atoms with Crippen LogP contribution in [0, 0.1) is 82.9 Å². The first-order valence-corrected chi connectivity index (χ1v) is 16.7. The topological polar surface area (TPSA) is 18.5 Å². The average molecular weight is 531 g/mol. The zero-order chi connectivity index (χ0) is 24.7. The van der Waals surface area contributed by atoms with Gasteiger partial charge in [-0.05, 0) is 160 Å². The second kappa shape index (κ2) is 10.8. The van der Waals surface area contributed by atoms with Gasteiger partial charge in [0.2, 0.25) is 0 Å². The van der Waals surface area contributed by atoms with E-state index in [2.05, 4.69) is 38.2 Å². The zero-order valence-corrected chi connectivity index (χ0v) is 25.7. The Bertz CT molecular complexity index is 913. The van der Waals surface area contributed by atoms with Gasteiger partial charge in [0.15, 0.2) is 0 Å². The molecule has 0 N–H and O–H groups in total. The van der Waals surface area contributed by atoms with Crippen LogP contribution in [0.4, 0.5) is 0 Å². The molecule has 0 radical (unpaired) electrons. The van der Waals surface area contributed by atoms with Gasteiger partial charge < -0.3 is 12.3 Å². The van der Waals surface area contributed by atoms with Gasteiger partial charge in [-0.1, -0.05) is 31.2 Å². The molecule has 2 nitrogen and oxygen atoms in total. The molecule has 0 aromatic heterocycles. The van der Waals surface area contributed by atoms with Crippen molar-refractivity contribution in [2.75, 3.05) is 13.2 Å². The van der Waals surface area contributed by atoms with E-state index in [0.717, 1.165) is 96.1 Å². The maximum atomic E-state index is 5.88. The maximum Gasteiger partial charge on any atom is 2.00 e. The van der Waals surface area contributed by atoms with Gasteiger partial charge in [0.25, 0.3) is 0 Å². The first kappa shape index (κ1) is 27.0. The van der Waals surface area contributed by atoms with Crippen molar-refractivity contribution in [3.05, 3.63) is 24.3 Å². The number of hydrogen-bond acceptors (Lipinski definition) is 2. The monoisotopic (exact) mass is 530 g/mol. The molecule has 16 unspecified atom stereocenters. The van der Waals surface area contributed by atoms with E-state index in [4.69, 9.17) is 9.47 Å². The van der Waals surface area contributed by atoms with E-state index in [1.54, 1.807) is 25.7 Å². The molecule has 10 aliphatic rings. The number of fused-ring (bicyclic) bond motifs is 18.